The Balaban J connectivity index is 2.69. The topological polar surface area (TPSA) is 46.2 Å². The lowest BCUT2D eigenvalue weighted by molar-refractivity contribution is 0.555. The van der Waals surface area contributed by atoms with Crippen LogP contribution in [0.5, 0.6) is 0 Å². The second-order valence-corrected chi connectivity index (χ2v) is 6.00. The van der Waals surface area contributed by atoms with Gasteiger partial charge in [0.1, 0.15) is 0 Å². The zero-order chi connectivity index (χ0) is 12.2. The molecule has 0 unspecified atom stereocenters. The van der Waals surface area contributed by atoms with Crippen LogP contribution in [-0.4, -0.2) is 14.5 Å². The van der Waals surface area contributed by atoms with E-state index in [9.17, 15) is 8.42 Å². The first kappa shape index (κ1) is 13.5. The molecule has 0 fully saturated rings. The molecule has 0 aromatic heterocycles. The molecule has 1 atom stereocenters. The van der Waals surface area contributed by atoms with E-state index in [1.54, 1.807) is 24.3 Å². The summed E-state index contributed by atoms with van der Waals surface area (Å²) < 4.78 is 26.0. The van der Waals surface area contributed by atoms with Gasteiger partial charge in [-0.3, -0.25) is 0 Å². The monoisotopic (exact) mass is 261 g/mol. The van der Waals surface area contributed by atoms with Gasteiger partial charge in [0.25, 0.3) is 0 Å². The molecule has 1 N–H and O–H groups in total. The molecule has 0 spiro atoms. The second-order valence-electron chi connectivity index (χ2n) is 3.81. The highest BCUT2D eigenvalue weighted by molar-refractivity contribution is 7.88. The first-order valence-electron chi connectivity index (χ1n) is 5.17. The van der Waals surface area contributed by atoms with Gasteiger partial charge in [-0.25, -0.2) is 13.1 Å². The van der Waals surface area contributed by atoms with E-state index in [1.807, 2.05) is 13.8 Å². The highest BCUT2D eigenvalue weighted by Crippen LogP contribution is 2.11. The first-order valence-corrected chi connectivity index (χ1v) is 7.20. The van der Waals surface area contributed by atoms with Crippen molar-refractivity contribution >= 4 is 21.6 Å². The molecule has 3 nitrogen and oxygen atoms in total. The molecular weight excluding hydrogens is 246 g/mol. The Morgan fingerprint density at radius 2 is 1.88 bits per heavy atom. The summed E-state index contributed by atoms with van der Waals surface area (Å²) in [5.41, 5.74) is 0.736. The lowest BCUT2D eigenvalue weighted by atomic mass is 10.2. The van der Waals surface area contributed by atoms with Crippen LogP contribution in [0.1, 0.15) is 25.8 Å². The lowest BCUT2D eigenvalue weighted by Gasteiger charge is -2.11. The fourth-order valence-corrected chi connectivity index (χ4v) is 2.85. The normalized spacial score (nSPS) is 13.7. The molecule has 0 aliphatic heterocycles. The number of halogens is 1. The van der Waals surface area contributed by atoms with Gasteiger partial charge in [0.15, 0.2) is 0 Å². The summed E-state index contributed by atoms with van der Waals surface area (Å²) in [4.78, 5) is 0. The van der Waals surface area contributed by atoms with Crippen molar-refractivity contribution in [1.82, 2.24) is 4.72 Å². The van der Waals surface area contributed by atoms with Crippen LogP contribution in [-0.2, 0) is 15.8 Å². The van der Waals surface area contributed by atoms with Crippen molar-refractivity contribution in [2.75, 3.05) is 0 Å². The molecule has 0 heterocycles. The minimum atomic E-state index is -3.25. The van der Waals surface area contributed by atoms with Crippen molar-refractivity contribution in [1.29, 1.82) is 0 Å². The molecule has 0 saturated carbocycles. The van der Waals surface area contributed by atoms with Gasteiger partial charge in [0.2, 0.25) is 10.0 Å². The smallest absolute Gasteiger partial charge is 0.212 e. The van der Waals surface area contributed by atoms with Gasteiger partial charge in [-0.1, -0.05) is 30.7 Å². The maximum Gasteiger partial charge on any atom is 0.216 e. The highest BCUT2D eigenvalue weighted by Gasteiger charge is 2.13. The quantitative estimate of drug-likeness (QED) is 0.886. The van der Waals surface area contributed by atoms with Crippen LogP contribution < -0.4 is 4.72 Å². The van der Waals surface area contributed by atoms with Crippen LogP contribution in [0.15, 0.2) is 24.3 Å². The van der Waals surface area contributed by atoms with E-state index in [-0.39, 0.29) is 11.8 Å². The van der Waals surface area contributed by atoms with Crippen molar-refractivity contribution in [2.45, 2.75) is 32.1 Å². The molecule has 1 rings (SSSR count). The Labute approximate surface area is 102 Å². The van der Waals surface area contributed by atoms with Gasteiger partial charge in [0, 0.05) is 11.1 Å². The van der Waals surface area contributed by atoms with Crippen molar-refractivity contribution in [2.24, 2.45) is 0 Å². The summed E-state index contributed by atoms with van der Waals surface area (Å²) in [5.74, 6) is -0.00545. The average molecular weight is 262 g/mol. The summed E-state index contributed by atoms with van der Waals surface area (Å²) in [6.45, 7) is 3.79. The number of nitrogens with one attached hydrogen (secondary N) is 1. The summed E-state index contributed by atoms with van der Waals surface area (Å²) in [7, 11) is -3.25. The van der Waals surface area contributed by atoms with E-state index in [0.717, 1.165) is 12.0 Å². The second kappa shape index (κ2) is 5.66. The van der Waals surface area contributed by atoms with Crippen LogP contribution >= 0.6 is 11.6 Å². The van der Waals surface area contributed by atoms with Gasteiger partial charge in [-0.05, 0) is 31.0 Å². The third-order valence-corrected chi connectivity index (χ3v) is 3.99. The molecular formula is C11H16ClNO2S. The third kappa shape index (κ3) is 4.51. The van der Waals surface area contributed by atoms with E-state index in [4.69, 9.17) is 11.6 Å². The van der Waals surface area contributed by atoms with Crippen molar-refractivity contribution in [3.8, 4) is 0 Å². The number of sulfonamides is 1. The van der Waals surface area contributed by atoms with Gasteiger partial charge in [-0.15, -0.1) is 0 Å². The maximum absolute atomic E-state index is 11.7. The zero-order valence-corrected chi connectivity index (χ0v) is 11.0. The predicted octanol–water partition coefficient (Wildman–Crippen LogP) is 2.56. The number of rotatable bonds is 5. The lowest BCUT2D eigenvalue weighted by Crippen LogP contribution is -2.32. The Bertz CT molecular complexity index is 428. The fraction of sp³-hybridized carbons (Fsp3) is 0.455. The van der Waals surface area contributed by atoms with Crippen molar-refractivity contribution < 1.29 is 8.42 Å². The fourth-order valence-electron chi connectivity index (χ4n) is 1.23. The van der Waals surface area contributed by atoms with E-state index in [0.29, 0.717) is 5.02 Å². The Morgan fingerprint density at radius 3 is 2.38 bits per heavy atom. The zero-order valence-electron chi connectivity index (χ0n) is 9.40. The van der Waals surface area contributed by atoms with Crippen molar-refractivity contribution in [3.63, 3.8) is 0 Å². The van der Waals surface area contributed by atoms with Gasteiger partial charge < -0.3 is 0 Å². The molecule has 16 heavy (non-hydrogen) atoms. The van der Waals surface area contributed by atoms with Crippen LogP contribution in [0, 0.1) is 0 Å². The molecule has 0 aliphatic carbocycles. The number of hydrogen-bond acceptors (Lipinski definition) is 2. The largest absolute Gasteiger partial charge is 0.216 e. The Kier molecular flexibility index (Phi) is 4.77. The van der Waals surface area contributed by atoms with E-state index >= 15 is 0 Å². The SMILES string of the molecule is CC[C@@H](C)NS(=O)(=O)Cc1ccc(Cl)cc1. The molecule has 0 amide bonds. The van der Waals surface area contributed by atoms with E-state index in [2.05, 4.69) is 4.72 Å². The summed E-state index contributed by atoms with van der Waals surface area (Å²) >= 11 is 5.72. The van der Waals surface area contributed by atoms with Crippen LogP contribution in [0.2, 0.25) is 5.02 Å². The minimum absolute atomic E-state index is 0.00545. The first-order chi connectivity index (χ1) is 7.43. The maximum atomic E-state index is 11.7. The summed E-state index contributed by atoms with van der Waals surface area (Å²) in [6, 6.07) is 6.79. The molecule has 0 aliphatic rings. The Morgan fingerprint density at radius 1 is 1.31 bits per heavy atom. The van der Waals surface area contributed by atoms with Crippen LogP contribution in [0.4, 0.5) is 0 Å². The van der Waals surface area contributed by atoms with Gasteiger partial charge in [-0.2, -0.15) is 0 Å². The number of benzene rings is 1. The van der Waals surface area contributed by atoms with E-state index in [1.165, 1.54) is 0 Å². The Hall–Kier alpha value is -0.580. The average Bonchev–Trinajstić information content (AvgIpc) is 2.20. The van der Waals surface area contributed by atoms with Gasteiger partial charge >= 0.3 is 0 Å². The summed E-state index contributed by atoms with van der Waals surface area (Å²) in [5, 5.41) is 0.607. The van der Waals surface area contributed by atoms with Gasteiger partial charge in [0.05, 0.1) is 5.75 Å². The highest BCUT2D eigenvalue weighted by atomic mass is 35.5. The van der Waals surface area contributed by atoms with E-state index < -0.39 is 10.0 Å². The molecule has 90 valence electrons. The van der Waals surface area contributed by atoms with Crippen molar-refractivity contribution in [3.05, 3.63) is 34.9 Å². The molecule has 0 bridgehead atoms. The molecule has 0 saturated heterocycles. The predicted molar refractivity (Wildman–Crippen MR) is 67.0 cm³/mol. The van der Waals surface area contributed by atoms with Crippen LogP contribution in [0.3, 0.4) is 0 Å². The standard InChI is InChI=1S/C11H16ClNO2S/c1-3-9(2)13-16(14,15)8-10-4-6-11(12)7-5-10/h4-7,9,13H,3,8H2,1-2H3/t9-/m1/s1. The summed E-state index contributed by atoms with van der Waals surface area (Å²) in [6.07, 6.45) is 0.778. The molecule has 0 radical (unpaired) electrons. The number of hydrogen-bond donors (Lipinski definition) is 1. The minimum Gasteiger partial charge on any atom is -0.212 e. The molecule has 5 heteroatoms. The van der Waals surface area contributed by atoms with Crippen LogP contribution in [0.25, 0.3) is 0 Å². The molecule has 1 aromatic rings. The molecule has 1 aromatic carbocycles. The third-order valence-electron chi connectivity index (χ3n) is 2.26.